The molecule has 102 valence electrons. The summed E-state index contributed by atoms with van der Waals surface area (Å²) in [5, 5.41) is 7.24. The number of carbonyl (C=O) groups is 1. The van der Waals surface area contributed by atoms with Gasteiger partial charge in [0.2, 0.25) is 0 Å². The SMILES string of the molecule is CCOC(=O)c1c(SC)nn2ccc3ccccc3c12. The molecule has 0 saturated carbocycles. The number of benzene rings is 1. The number of hydrogen-bond donors (Lipinski definition) is 0. The van der Waals surface area contributed by atoms with Crippen molar-refractivity contribution < 1.29 is 9.53 Å². The first kappa shape index (κ1) is 13.0. The Kier molecular flexibility index (Phi) is 3.36. The number of nitrogens with zero attached hydrogens (tertiary/aromatic N) is 2. The van der Waals surface area contributed by atoms with Gasteiger partial charge in [0.1, 0.15) is 10.6 Å². The van der Waals surface area contributed by atoms with Gasteiger partial charge < -0.3 is 4.74 Å². The summed E-state index contributed by atoms with van der Waals surface area (Å²) in [7, 11) is 0. The Hall–Kier alpha value is -2.01. The van der Waals surface area contributed by atoms with Gasteiger partial charge in [-0.3, -0.25) is 0 Å². The van der Waals surface area contributed by atoms with Crippen LogP contribution in [0.5, 0.6) is 0 Å². The number of pyridine rings is 1. The van der Waals surface area contributed by atoms with Gasteiger partial charge in [0.25, 0.3) is 0 Å². The van der Waals surface area contributed by atoms with E-state index in [-0.39, 0.29) is 5.97 Å². The highest BCUT2D eigenvalue weighted by molar-refractivity contribution is 7.98. The molecule has 0 aliphatic rings. The Morgan fingerprint density at radius 3 is 2.90 bits per heavy atom. The topological polar surface area (TPSA) is 43.6 Å². The number of rotatable bonds is 3. The minimum Gasteiger partial charge on any atom is -0.462 e. The van der Waals surface area contributed by atoms with Crippen LogP contribution in [0.4, 0.5) is 0 Å². The van der Waals surface area contributed by atoms with Crippen LogP contribution in [0.3, 0.4) is 0 Å². The molecule has 20 heavy (non-hydrogen) atoms. The lowest BCUT2D eigenvalue weighted by atomic mass is 10.1. The average molecular weight is 286 g/mol. The molecule has 0 aliphatic carbocycles. The molecule has 0 bridgehead atoms. The number of esters is 1. The second-order valence-electron chi connectivity index (χ2n) is 4.30. The lowest BCUT2D eigenvalue weighted by molar-refractivity contribution is 0.0524. The van der Waals surface area contributed by atoms with Crippen LogP contribution in [0.25, 0.3) is 16.3 Å². The fraction of sp³-hybridized carbons (Fsp3) is 0.200. The fourth-order valence-corrected chi connectivity index (χ4v) is 2.87. The van der Waals surface area contributed by atoms with Crippen molar-refractivity contribution in [2.75, 3.05) is 12.9 Å². The molecule has 2 aromatic heterocycles. The molecule has 0 radical (unpaired) electrons. The molecule has 0 atom stereocenters. The summed E-state index contributed by atoms with van der Waals surface area (Å²) in [6.07, 6.45) is 3.78. The molecule has 3 aromatic rings. The lowest BCUT2D eigenvalue weighted by Crippen LogP contribution is -2.05. The molecule has 0 saturated heterocycles. The molecule has 3 rings (SSSR count). The molecule has 4 nitrogen and oxygen atoms in total. The van der Waals surface area contributed by atoms with Crippen LogP contribution in [0, 0.1) is 0 Å². The Bertz CT molecular complexity index is 795. The van der Waals surface area contributed by atoms with E-state index in [0.717, 1.165) is 16.3 Å². The third-order valence-corrected chi connectivity index (χ3v) is 3.83. The van der Waals surface area contributed by atoms with Crippen LogP contribution in [0.15, 0.2) is 41.6 Å². The summed E-state index contributed by atoms with van der Waals surface area (Å²) in [5.41, 5.74) is 1.36. The maximum atomic E-state index is 12.3. The molecule has 0 aliphatic heterocycles. The number of ether oxygens (including phenoxy) is 1. The van der Waals surface area contributed by atoms with Crippen molar-refractivity contribution in [1.82, 2.24) is 9.61 Å². The van der Waals surface area contributed by atoms with Crippen LogP contribution >= 0.6 is 11.8 Å². The summed E-state index contributed by atoms with van der Waals surface area (Å²) in [5.74, 6) is -0.316. The quantitative estimate of drug-likeness (QED) is 0.547. The van der Waals surface area contributed by atoms with E-state index >= 15 is 0 Å². The molecule has 2 heterocycles. The molecule has 0 fully saturated rings. The number of hydrogen-bond acceptors (Lipinski definition) is 4. The van der Waals surface area contributed by atoms with Gasteiger partial charge in [-0.05, 0) is 24.6 Å². The van der Waals surface area contributed by atoms with Crippen molar-refractivity contribution in [1.29, 1.82) is 0 Å². The van der Waals surface area contributed by atoms with Crippen molar-refractivity contribution in [3.05, 3.63) is 42.1 Å². The maximum Gasteiger partial charge on any atom is 0.343 e. The van der Waals surface area contributed by atoms with E-state index in [9.17, 15) is 4.79 Å². The minimum atomic E-state index is -0.316. The molecule has 0 unspecified atom stereocenters. The van der Waals surface area contributed by atoms with Crippen molar-refractivity contribution in [2.45, 2.75) is 11.9 Å². The molecule has 0 spiro atoms. The van der Waals surface area contributed by atoms with Gasteiger partial charge in [-0.1, -0.05) is 24.3 Å². The lowest BCUT2D eigenvalue weighted by Gasteiger charge is -2.04. The van der Waals surface area contributed by atoms with E-state index in [1.54, 1.807) is 11.4 Å². The first-order chi connectivity index (χ1) is 9.76. The minimum absolute atomic E-state index is 0.316. The van der Waals surface area contributed by atoms with E-state index in [4.69, 9.17) is 4.74 Å². The summed E-state index contributed by atoms with van der Waals surface area (Å²) in [4.78, 5) is 12.3. The molecule has 1 aromatic carbocycles. The summed E-state index contributed by atoms with van der Waals surface area (Å²) in [6.45, 7) is 2.16. The van der Waals surface area contributed by atoms with Crippen LogP contribution in [0.2, 0.25) is 0 Å². The van der Waals surface area contributed by atoms with Gasteiger partial charge in [-0.25, -0.2) is 9.31 Å². The molecular formula is C15H14N2O2S. The van der Waals surface area contributed by atoms with Gasteiger partial charge >= 0.3 is 5.97 Å². The van der Waals surface area contributed by atoms with E-state index in [0.29, 0.717) is 17.2 Å². The summed E-state index contributed by atoms with van der Waals surface area (Å²) in [6, 6.07) is 9.96. The Labute approximate surface area is 120 Å². The third-order valence-electron chi connectivity index (χ3n) is 3.16. The van der Waals surface area contributed by atoms with Crippen molar-refractivity contribution >= 4 is 34.0 Å². The number of fused-ring (bicyclic) bond motifs is 3. The van der Waals surface area contributed by atoms with Crippen molar-refractivity contribution in [3.63, 3.8) is 0 Å². The van der Waals surface area contributed by atoms with Crippen molar-refractivity contribution in [2.24, 2.45) is 0 Å². The van der Waals surface area contributed by atoms with E-state index in [2.05, 4.69) is 5.10 Å². The van der Waals surface area contributed by atoms with Crippen LogP contribution in [-0.4, -0.2) is 28.4 Å². The first-order valence-corrected chi connectivity index (χ1v) is 7.60. The zero-order valence-corrected chi connectivity index (χ0v) is 12.1. The van der Waals surface area contributed by atoms with Crippen LogP contribution in [0.1, 0.15) is 17.3 Å². The number of aromatic nitrogens is 2. The Balaban J connectivity index is 2.40. The summed E-state index contributed by atoms with van der Waals surface area (Å²) >= 11 is 1.45. The highest BCUT2D eigenvalue weighted by Gasteiger charge is 2.22. The molecule has 5 heteroatoms. The number of carbonyl (C=O) groups excluding carboxylic acids is 1. The summed E-state index contributed by atoms with van der Waals surface area (Å²) < 4.78 is 6.93. The normalized spacial score (nSPS) is 11.1. The first-order valence-electron chi connectivity index (χ1n) is 6.37. The van der Waals surface area contributed by atoms with E-state index in [1.165, 1.54) is 11.8 Å². The monoisotopic (exact) mass is 286 g/mol. The second-order valence-corrected chi connectivity index (χ2v) is 5.10. The van der Waals surface area contributed by atoms with Gasteiger partial charge in [0.05, 0.1) is 12.1 Å². The smallest absolute Gasteiger partial charge is 0.343 e. The predicted octanol–water partition coefficient (Wildman–Crippen LogP) is 3.39. The van der Waals surface area contributed by atoms with Crippen molar-refractivity contribution in [3.8, 4) is 0 Å². The third kappa shape index (κ3) is 1.94. The predicted molar refractivity (Wildman–Crippen MR) is 80.4 cm³/mol. The van der Waals surface area contributed by atoms with E-state index in [1.807, 2.05) is 42.8 Å². The highest BCUT2D eigenvalue weighted by Crippen LogP contribution is 2.29. The van der Waals surface area contributed by atoms with Gasteiger partial charge in [0, 0.05) is 11.6 Å². The molecule has 0 N–H and O–H groups in total. The Morgan fingerprint density at radius 2 is 2.15 bits per heavy atom. The van der Waals surface area contributed by atoms with Gasteiger partial charge in [-0.2, -0.15) is 5.10 Å². The fourth-order valence-electron chi connectivity index (χ4n) is 2.32. The maximum absolute atomic E-state index is 12.3. The molecule has 0 amide bonds. The number of thioether (sulfide) groups is 1. The largest absolute Gasteiger partial charge is 0.462 e. The van der Waals surface area contributed by atoms with Crippen LogP contribution in [-0.2, 0) is 4.74 Å². The standard InChI is InChI=1S/C15H14N2O2S/c1-3-19-15(18)12-13-11-7-5-4-6-10(11)8-9-17(13)16-14(12)20-2/h4-9H,3H2,1-2H3. The van der Waals surface area contributed by atoms with Crippen LogP contribution < -0.4 is 0 Å². The average Bonchev–Trinajstić information content (AvgIpc) is 2.86. The van der Waals surface area contributed by atoms with Gasteiger partial charge in [-0.15, -0.1) is 11.8 Å². The molecular weight excluding hydrogens is 272 g/mol. The van der Waals surface area contributed by atoms with E-state index < -0.39 is 0 Å². The Morgan fingerprint density at radius 1 is 1.35 bits per heavy atom. The second kappa shape index (κ2) is 5.17. The highest BCUT2D eigenvalue weighted by atomic mass is 32.2. The zero-order chi connectivity index (χ0) is 14.1. The zero-order valence-electron chi connectivity index (χ0n) is 11.3. The van der Waals surface area contributed by atoms with Gasteiger partial charge in [0.15, 0.2) is 0 Å².